The van der Waals surface area contributed by atoms with Gasteiger partial charge in [-0.15, -0.1) is 0 Å². The fraction of sp³-hybridized carbons (Fsp3) is 0.368. The predicted octanol–water partition coefficient (Wildman–Crippen LogP) is 5.06. The SMILES string of the molecule is NC(c1ccc(Oc2ccccc2)cc1)C1CCCCC1. The van der Waals surface area contributed by atoms with Gasteiger partial charge in [0, 0.05) is 6.04 Å². The minimum absolute atomic E-state index is 0.163. The first-order valence-corrected chi connectivity index (χ1v) is 7.91. The molecule has 2 nitrogen and oxygen atoms in total. The van der Waals surface area contributed by atoms with Crippen LogP contribution in [0.15, 0.2) is 54.6 Å². The molecule has 0 bridgehead atoms. The van der Waals surface area contributed by atoms with Crippen molar-refractivity contribution in [2.45, 2.75) is 38.1 Å². The van der Waals surface area contributed by atoms with E-state index in [9.17, 15) is 0 Å². The van der Waals surface area contributed by atoms with Crippen molar-refractivity contribution >= 4 is 0 Å². The molecule has 2 aromatic carbocycles. The number of nitrogens with two attached hydrogens (primary N) is 1. The second kappa shape index (κ2) is 6.77. The van der Waals surface area contributed by atoms with Crippen LogP contribution >= 0.6 is 0 Å². The quantitative estimate of drug-likeness (QED) is 0.850. The molecule has 0 aromatic heterocycles. The van der Waals surface area contributed by atoms with Crippen LogP contribution in [0.1, 0.15) is 43.7 Å². The third-order valence-electron chi connectivity index (χ3n) is 4.40. The van der Waals surface area contributed by atoms with E-state index in [2.05, 4.69) is 12.1 Å². The number of para-hydroxylation sites is 1. The molecule has 0 aliphatic heterocycles. The first kappa shape index (κ1) is 14.2. The molecule has 1 aliphatic carbocycles. The fourth-order valence-electron chi connectivity index (χ4n) is 3.15. The molecule has 3 rings (SSSR count). The lowest BCUT2D eigenvalue weighted by atomic mass is 9.81. The maximum Gasteiger partial charge on any atom is 0.127 e. The van der Waals surface area contributed by atoms with Crippen LogP contribution in [0.5, 0.6) is 11.5 Å². The third-order valence-corrected chi connectivity index (χ3v) is 4.40. The lowest BCUT2D eigenvalue weighted by Gasteiger charge is -2.27. The number of benzene rings is 2. The molecular weight excluding hydrogens is 258 g/mol. The summed E-state index contributed by atoms with van der Waals surface area (Å²) >= 11 is 0. The molecule has 1 saturated carbocycles. The second-order valence-corrected chi connectivity index (χ2v) is 5.91. The predicted molar refractivity (Wildman–Crippen MR) is 86.5 cm³/mol. The van der Waals surface area contributed by atoms with Crippen LogP contribution < -0.4 is 10.5 Å². The fourth-order valence-corrected chi connectivity index (χ4v) is 3.15. The number of hydrogen-bond donors (Lipinski definition) is 1. The first-order valence-electron chi connectivity index (χ1n) is 7.91. The molecule has 0 spiro atoms. The number of hydrogen-bond acceptors (Lipinski definition) is 2. The van der Waals surface area contributed by atoms with E-state index >= 15 is 0 Å². The molecule has 21 heavy (non-hydrogen) atoms. The Bertz CT molecular complexity index is 544. The van der Waals surface area contributed by atoms with Crippen molar-refractivity contribution < 1.29 is 4.74 Å². The smallest absolute Gasteiger partial charge is 0.127 e. The van der Waals surface area contributed by atoms with Crippen molar-refractivity contribution in [1.29, 1.82) is 0 Å². The van der Waals surface area contributed by atoms with E-state index in [0.717, 1.165) is 11.5 Å². The molecule has 2 heteroatoms. The molecule has 110 valence electrons. The zero-order valence-electron chi connectivity index (χ0n) is 12.4. The van der Waals surface area contributed by atoms with Gasteiger partial charge in [-0.05, 0) is 48.6 Å². The Kier molecular flexibility index (Phi) is 4.56. The van der Waals surface area contributed by atoms with Crippen LogP contribution in [0, 0.1) is 5.92 Å². The summed E-state index contributed by atoms with van der Waals surface area (Å²) in [6, 6.07) is 18.3. The zero-order valence-corrected chi connectivity index (χ0v) is 12.4. The molecule has 1 atom stereocenters. The largest absolute Gasteiger partial charge is 0.457 e. The molecule has 0 amide bonds. The molecule has 1 fully saturated rings. The van der Waals surface area contributed by atoms with Crippen molar-refractivity contribution in [1.82, 2.24) is 0 Å². The average Bonchev–Trinajstić information content (AvgIpc) is 2.57. The molecule has 0 radical (unpaired) electrons. The Balaban J connectivity index is 1.66. The Morgan fingerprint density at radius 1 is 0.810 bits per heavy atom. The van der Waals surface area contributed by atoms with Crippen molar-refractivity contribution in [3.8, 4) is 11.5 Å². The van der Waals surface area contributed by atoms with Gasteiger partial charge in [-0.3, -0.25) is 0 Å². The number of ether oxygens (including phenoxy) is 1. The lowest BCUT2D eigenvalue weighted by molar-refractivity contribution is 0.308. The molecule has 0 saturated heterocycles. The van der Waals surface area contributed by atoms with Crippen LogP contribution in [0.2, 0.25) is 0 Å². The maximum atomic E-state index is 6.43. The van der Waals surface area contributed by atoms with E-state index in [4.69, 9.17) is 10.5 Å². The highest BCUT2D eigenvalue weighted by Gasteiger charge is 2.21. The molecule has 1 unspecified atom stereocenters. The summed E-state index contributed by atoms with van der Waals surface area (Å²) in [6.45, 7) is 0. The van der Waals surface area contributed by atoms with Gasteiger partial charge in [-0.1, -0.05) is 49.6 Å². The van der Waals surface area contributed by atoms with Crippen LogP contribution in [-0.4, -0.2) is 0 Å². The number of rotatable bonds is 4. The minimum atomic E-state index is 0.163. The molecule has 2 N–H and O–H groups in total. The molecule has 1 aliphatic rings. The van der Waals surface area contributed by atoms with Crippen LogP contribution in [0.25, 0.3) is 0 Å². The summed E-state index contributed by atoms with van der Waals surface area (Å²) < 4.78 is 5.82. The van der Waals surface area contributed by atoms with Gasteiger partial charge in [0.25, 0.3) is 0 Å². The standard InChI is InChI=1S/C19H23NO/c20-19(15-7-3-1-4-8-15)16-11-13-18(14-12-16)21-17-9-5-2-6-10-17/h2,5-6,9-15,19H,1,3-4,7-8,20H2. The van der Waals surface area contributed by atoms with Crippen LogP contribution in [0.3, 0.4) is 0 Å². The van der Waals surface area contributed by atoms with E-state index < -0.39 is 0 Å². The van der Waals surface area contributed by atoms with Gasteiger partial charge in [0.1, 0.15) is 11.5 Å². The van der Waals surface area contributed by atoms with Gasteiger partial charge in [0.15, 0.2) is 0 Å². The van der Waals surface area contributed by atoms with Crippen molar-refractivity contribution in [2.75, 3.05) is 0 Å². The third kappa shape index (κ3) is 3.64. The van der Waals surface area contributed by atoms with Gasteiger partial charge in [-0.25, -0.2) is 0 Å². The Morgan fingerprint density at radius 2 is 1.43 bits per heavy atom. The highest BCUT2D eigenvalue weighted by molar-refractivity contribution is 5.34. The summed E-state index contributed by atoms with van der Waals surface area (Å²) in [5.74, 6) is 2.36. The monoisotopic (exact) mass is 281 g/mol. The molecule has 0 heterocycles. The van der Waals surface area contributed by atoms with Crippen LogP contribution in [0.4, 0.5) is 0 Å². The highest BCUT2D eigenvalue weighted by Crippen LogP contribution is 2.33. The topological polar surface area (TPSA) is 35.2 Å². The maximum absolute atomic E-state index is 6.43. The van der Waals surface area contributed by atoms with E-state index in [1.807, 2.05) is 42.5 Å². The summed E-state index contributed by atoms with van der Waals surface area (Å²) in [7, 11) is 0. The summed E-state index contributed by atoms with van der Waals surface area (Å²) in [4.78, 5) is 0. The summed E-state index contributed by atoms with van der Waals surface area (Å²) in [6.07, 6.45) is 6.56. The first-order chi connectivity index (χ1) is 10.3. The van der Waals surface area contributed by atoms with Crippen molar-refractivity contribution in [3.63, 3.8) is 0 Å². The van der Waals surface area contributed by atoms with Crippen molar-refractivity contribution in [2.24, 2.45) is 11.7 Å². The average molecular weight is 281 g/mol. The Morgan fingerprint density at radius 3 is 2.10 bits per heavy atom. The Labute approximate surface area is 126 Å². The summed E-state index contributed by atoms with van der Waals surface area (Å²) in [5, 5.41) is 0. The van der Waals surface area contributed by atoms with Gasteiger partial charge >= 0.3 is 0 Å². The van der Waals surface area contributed by atoms with Gasteiger partial charge < -0.3 is 10.5 Å². The Hall–Kier alpha value is -1.80. The zero-order chi connectivity index (χ0) is 14.5. The van der Waals surface area contributed by atoms with Gasteiger partial charge in [0.2, 0.25) is 0 Å². The minimum Gasteiger partial charge on any atom is -0.457 e. The normalized spacial score (nSPS) is 17.4. The lowest BCUT2D eigenvalue weighted by Crippen LogP contribution is -2.23. The van der Waals surface area contributed by atoms with Gasteiger partial charge in [-0.2, -0.15) is 0 Å². The molecular formula is C19H23NO. The van der Waals surface area contributed by atoms with E-state index in [1.54, 1.807) is 0 Å². The van der Waals surface area contributed by atoms with Crippen LogP contribution in [-0.2, 0) is 0 Å². The molecule has 2 aromatic rings. The summed E-state index contributed by atoms with van der Waals surface area (Å²) in [5.41, 5.74) is 7.66. The van der Waals surface area contributed by atoms with E-state index in [0.29, 0.717) is 5.92 Å². The second-order valence-electron chi connectivity index (χ2n) is 5.91. The van der Waals surface area contributed by atoms with E-state index in [-0.39, 0.29) is 6.04 Å². The van der Waals surface area contributed by atoms with Gasteiger partial charge in [0.05, 0.1) is 0 Å². The highest BCUT2D eigenvalue weighted by atomic mass is 16.5. The van der Waals surface area contributed by atoms with E-state index in [1.165, 1.54) is 37.7 Å². The van der Waals surface area contributed by atoms with Crippen molar-refractivity contribution in [3.05, 3.63) is 60.2 Å².